The van der Waals surface area contributed by atoms with Crippen LogP contribution in [0.1, 0.15) is 25.8 Å². The van der Waals surface area contributed by atoms with Crippen LogP contribution in [0, 0.1) is 17.8 Å². The van der Waals surface area contributed by atoms with Crippen LogP contribution >= 0.6 is 0 Å². The summed E-state index contributed by atoms with van der Waals surface area (Å²) in [6, 6.07) is 19.8. The van der Waals surface area contributed by atoms with Gasteiger partial charge in [0.15, 0.2) is 0 Å². The van der Waals surface area contributed by atoms with E-state index < -0.39 is 0 Å². The molecule has 0 bridgehead atoms. The summed E-state index contributed by atoms with van der Waals surface area (Å²) in [6.45, 7) is 5.45. The molecule has 0 fully saturated rings. The molecular weight excluding hydrogens is 308 g/mol. The summed E-state index contributed by atoms with van der Waals surface area (Å²) in [5.41, 5.74) is 1.02. The fraction of sp³-hybridized carbons (Fsp3) is 0.304. The topological polar surface area (TPSA) is 18.5 Å². The zero-order chi connectivity index (χ0) is 17.7. The fourth-order valence-electron chi connectivity index (χ4n) is 2.25. The van der Waals surface area contributed by atoms with Crippen molar-refractivity contribution < 1.29 is 9.47 Å². The molecule has 2 aromatic rings. The molecule has 0 heterocycles. The van der Waals surface area contributed by atoms with Gasteiger partial charge < -0.3 is 9.47 Å². The maximum absolute atomic E-state index is 5.91. The molecule has 0 N–H and O–H groups in total. The Labute approximate surface area is 151 Å². The lowest BCUT2D eigenvalue weighted by molar-refractivity contribution is 0.0995. The number of ether oxygens (including phenoxy) is 2. The predicted molar refractivity (Wildman–Crippen MR) is 104 cm³/mol. The SMILES string of the molecule is CC(C)CC(C#Cc1ccccc1)OC/C=C/COc1ccccc1. The van der Waals surface area contributed by atoms with Crippen LogP contribution < -0.4 is 4.74 Å². The van der Waals surface area contributed by atoms with Gasteiger partial charge in [-0.3, -0.25) is 0 Å². The van der Waals surface area contributed by atoms with Crippen molar-refractivity contribution in [1.29, 1.82) is 0 Å². The molecule has 2 nitrogen and oxygen atoms in total. The first-order valence-electron chi connectivity index (χ1n) is 8.75. The van der Waals surface area contributed by atoms with Gasteiger partial charge >= 0.3 is 0 Å². The van der Waals surface area contributed by atoms with Gasteiger partial charge in [-0.15, -0.1) is 0 Å². The number of para-hydroxylation sites is 1. The highest BCUT2D eigenvalue weighted by atomic mass is 16.5. The van der Waals surface area contributed by atoms with Crippen molar-refractivity contribution in [3.8, 4) is 17.6 Å². The molecule has 1 atom stereocenters. The zero-order valence-corrected chi connectivity index (χ0v) is 15.0. The number of hydrogen-bond acceptors (Lipinski definition) is 2. The highest BCUT2D eigenvalue weighted by molar-refractivity contribution is 5.34. The Bertz CT molecular complexity index is 678. The van der Waals surface area contributed by atoms with Gasteiger partial charge in [0.05, 0.1) is 6.61 Å². The Morgan fingerprint density at radius 3 is 2.20 bits per heavy atom. The molecule has 0 radical (unpaired) electrons. The molecule has 0 aliphatic rings. The Kier molecular flexibility index (Phi) is 8.38. The van der Waals surface area contributed by atoms with Crippen LogP contribution in [0.25, 0.3) is 0 Å². The second kappa shape index (κ2) is 11.1. The normalized spacial score (nSPS) is 12.0. The van der Waals surface area contributed by atoms with Gasteiger partial charge in [-0.25, -0.2) is 0 Å². The first kappa shape index (κ1) is 18.8. The molecular formula is C23H26O2. The van der Waals surface area contributed by atoms with Gasteiger partial charge in [-0.1, -0.05) is 68.2 Å². The molecule has 0 aliphatic heterocycles. The maximum Gasteiger partial charge on any atom is 0.119 e. The molecule has 2 rings (SSSR count). The average molecular weight is 334 g/mol. The first-order chi connectivity index (χ1) is 12.2. The molecule has 2 heteroatoms. The lowest BCUT2D eigenvalue weighted by Gasteiger charge is -2.13. The monoisotopic (exact) mass is 334 g/mol. The second-order valence-electron chi connectivity index (χ2n) is 6.18. The van der Waals surface area contributed by atoms with E-state index in [4.69, 9.17) is 9.47 Å². The summed E-state index contributed by atoms with van der Waals surface area (Å²) in [7, 11) is 0. The van der Waals surface area contributed by atoms with Gasteiger partial charge in [-0.2, -0.15) is 0 Å². The summed E-state index contributed by atoms with van der Waals surface area (Å²) in [4.78, 5) is 0. The lowest BCUT2D eigenvalue weighted by atomic mass is 10.1. The lowest BCUT2D eigenvalue weighted by Crippen LogP contribution is -2.13. The minimum absolute atomic E-state index is 0.0557. The van der Waals surface area contributed by atoms with Gasteiger partial charge in [0.25, 0.3) is 0 Å². The molecule has 0 amide bonds. The largest absolute Gasteiger partial charge is 0.490 e. The highest BCUT2D eigenvalue weighted by Crippen LogP contribution is 2.09. The van der Waals surface area contributed by atoms with E-state index >= 15 is 0 Å². The highest BCUT2D eigenvalue weighted by Gasteiger charge is 2.07. The van der Waals surface area contributed by atoms with Crippen LogP contribution in [0.3, 0.4) is 0 Å². The van der Waals surface area contributed by atoms with Gasteiger partial charge in [0, 0.05) is 5.56 Å². The summed E-state index contributed by atoms with van der Waals surface area (Å²) >= 11 is 0. The number of hydrogen-bond donors (Lipinski definition) is 0. The second-order valence-corrected chi connectivity index (χ2v) is 6.18. The van der Waals surface area contributed by atoms with Crippen LogP contribution in [0.4, 0.5) is 0 Å². The van der Waals surface area contributed by atoms with Crippen LogP contribution in [0.15, 0.2) is 72.8 Å². The Hall–Kier alpha value is -2.50. The predicted octanol–water partition coefficient (Wildman–Crippen LogP) is 5.10. The van der Waals surface area contributed by atoms with E-state index in [0.717, 1.165) is 17.7 Å². The van der Waals surface area contributed by atoms with E-state index in [1.54, 1.807) is 0 Å². The number of benzene rings is 2. The van der Waals surface area contributed by atoms with Crippen molar-refractivity contribution >= 4 is 0 Å². The van der Waals surface area contributed by atoms with Crippen LogP contribution in [0.5, 0.6) is 5.75 Å². The van der Waals surface area contributed by atoms with E-state index in [-0.39, 0.29) is 6.10 Å². The fourth-order valence-corrected chi connectivity index (χ4v) is 2.25. The summed E-state index contributed by atoms with van der Waals surface area (Å²) in [6.07, 6.45) is 4.83. The van der Waals surface area contributed by atoms with E-state index in [2.05, 4.69) is 25.7 Å². The maximum atomic E-state index is 5.91. The van der Waals surface area contributed by atoms with E-state index in [1.807, 2.05) is 72.8 Å². The summed E-state index contributed by atoms with van der Waals surface area (Å²) in [5.74, 6) is 7.86. The molecule has 1 unspecified atom stereocenters. The van der Waals surface area contributed by atoms with Gasteiger partial charge in [0.2, 0.25) is 0 Å². The Balaban J connectivity index is 1.77. The number of rotatable bonds is 8. The molecule has 0 saturated heterocycles. The minimum Gasteiger partial charge on any atom is -0.490 e. The van der Waals surface area contributed by atoms with Crippen LogP contribution in [0.2, 0.25) is 0 Å². The summed E-state index contributed by atoms with van der Waals surface area (Å²) < 4.78 is 11.5. The molecule has 0 aliphatic carbocycles. The smallest absolute Gasteiger partial charge is 0.119 e. The first-order valence-corrected chi connectivity index (χ1v) is 8.75. The third-order valence-electron chi connectivity index (χ3n) is 3.49. The van der Waals surface area contributed by atoms with Gasteiger partial charge in [0.1, 0.15) is 18.5 Å². The van der Waals surface area contributed by atoms with Crippen molar-refractivity contribution in [2.45, 2.75) is 26.4 Å². The molecule has 0 saturated carbocycles. The van der Waals surface area contributed by atoms with Crippen molar-refractivity contribution in [3.63, 3.8) is 0 Å². The quantitative estimate of drug-likeness (QED) is 0.494. The van der Waals surface area contributed by atoms with Crippen LogP contribution in [-0.2, 0) is 4.74 Å². The van der Waals surface area contributed by atoms with E-state index in [0.29, 0.717) is 19.1 Å². The van der Waals surface area contributed by atoms with Crippen molar-refractivity contribution in [1.82, 2.24) is 0 Å². The average Bonchev–Trinajstić information content (AvgIpc) is 2.63. The summed E-state index contributed by atoms with van der Waals surface area (Å²) in [5, 5.41) is 0. The van der Waals surface area contributed by atoms with Crippen molar-refractivity contribution in [2.24, 2.45) is 5.92 Å². The standard InChI is InChI=1S/C23H26O2/c1-20(2)19-23(16-15-21-11-5-3-6-12-21)25-18-10-9-17-24-22-13-7-4-8-14-22/h3-14,20,23H,17-19H2,1-2H3/b10-9+. The molecule has 0 aromatic heterocycles. The zero-order valence-electron chi connectivity index (χ0n) is 15.0. The molecule has 2 aromatic carbocycles. The molecule has 0 spiro atoms. The van der Waals surface area contributed by atoms with Crippen molar-refractivity contribution in [3.05, 3.63) is 78.4 Å². The van der Waals surface area contributed by atoms with Crippen LogP contribution in [-0.4, -0.2) is 19.3 Å². The third-order valence-corrected chi connectivity index (χ3v) is 3.49. The third kappa shape index (κ3) is 8.24. The Morgan fingerprint density at radius 2 is 1.52 bits per heavy atom. The van der Waals surface area contributed by atoms with Gasteiger partial charge in [-0.05, 0) is 42.7 Å². The van der Waals surface area contributed by atoms with E-state index in [1.165, 1.54) is 0 Å². The molecule has 130 valence electrons. The Morgan fingerprint density at radius 1 is 0.880 bits per heavy atom. The molecule has 25 heavy (non-hydrogen) atoms. The van der Waals surface area contributed by atoms with E-state index in [9.17, 15) is 0 Å². The minimum atomic E-state index is -0.0557. The van der Waals surface area contributed by atoms with Crippen molar-refractivity contribution in [2.75, 3.05) is 13.2 Å².